The molecule has 0 fully saturated rings. The lowest BCUT2D eigenvalue weighted by Crippen LogP contribution is -2.12. The maximum absolute atomic E-state index is 9.10. The van der Waals surface area contributed by atoms with Gasteiger partial charge in [0.05, 0.1) is 5.57 Å². The first-order valence-corrected chi connectivity index (χ1v) is 10.3. The Morgan fingerprint density at radius 2 is 1.29 bits per heavy atom. The van der Waals surface area contributed by atoms with E-state index in [0.717, 1.165) is 41.8 Å². The summed E-state index contributed by atoms with van der Waals surface area (Å²) in [4.78, 5) is 0. The Bertz CT molecular complexity index is 963. The number of allylic oxidation sites excluding steroid dienone is 3. The smallest absolute Gasteiger partial charge is 0.215 e. The molecule has 28 heavy (non-hydrogen) atoms. The van der Waals surface area contributed by atoms with Gasteiger partial charge in [-0.05, 0) is 64.8 Å². The average Bonchev–Trinajstić information content (AvgIpc) is 2.89. The van der Waals surface area contributed by atoms with Gasteiger partial charge in [0, 0.05) is 16.7 Å². The van der Waals surface area contributed by atoms with Crippen molar-refractivity contribution in [3.63, 3.8) is 0 Å². The van der Waals surface area contributed by atoms with Crippen molar-refractivity contribution in [3.8, 4) is 0 Å². The molecule has 1 aliphatic rings. The summed E-state index contributed by atoms with van der Waals surface area (Å²) < 4.78 is 1.68. The molecular weight excluding hydrogens is 340 g/mol. The van der Waals surface area contributed by atoms with Gasteiger partial charge >= 0.3 is 0 Å². The Hall–Kier alpha value is -2.61. The van der Waals surface area contributed by atoms with Crippen molar-refractivity contribution < 1.29 is 4.68 Å². The van der Waals surface area contributed by atoms with E-state index in [1.54, 1.807) is 4.68 Å². The molecule has 0 saturated carbocycles. The van der Waals surface area contributed by atoms with Crippen molar-refractivity contribution in [2.24, 2.45) is 0 Å². The Morgan fingerprint density at radius 3 is 1.75 bits per heavy atom. The lowest BCUT2D eigenvalue weighted by atomic mass is 9.92. The van der Waals surface area contributed by atoms with Gasteiger partial charge in [-0.3, -0.25) is 0 Å². The molecule has 1 N–H and O–H groups in total. The molecule has 0 amide bonds. The molecule has 0 aliphatic carbocycles. The van der Waals surface area contributed by atoms with Gasteiger partial charge < -0.3 is 5.84 Å². The highest BCUT2D eigenvalue weighted by Gasteiger charge is 2.34. The molecule has 2 nitrogen and oxygen atoms in total. The highest BCUT2D eigenvalue weighted by atomic mass is 15.3. The molecule has 0 spiro atoms. The molecule has 0 bridgehead atoms. The third kappa shape index (κ3) is 3.82. The molecular formula is C26H32N2. The minimum Gasteiger partial charge on any atom is -0.448 e. The van der Waals surface area contributed by atoms with Gasteiger partial charge in [-0.15, -0.1) is 0 Å². The predicted octanol–water partition coefficient (Wildman–Crippen LogP) is 7.25. The SMILES string of the molecule is CCCC=C1C(CC)=C(c2cc(C)cc(C)c2)[N+]([NH-])=C1c1cc(C)cc(C)c1. The average molecular weight is 373 g/mol. The van der Waals surface area contributed by atoms with Crippen LogP contribution in [0.5, 0.6) is 0 Å². The highest BCUT2D eigenvalue weighted by molar-refractivity contribution is 6.16. The van der Waals surface area contributed by atoms with Crippen LogP contribution in [-0.4, -0.2) is 10.4 Å². The second-order valence-corrected chi connectivity index (χ2v) is 8.02. The Balaban J connectivity index is 2.30. The van der Waals surface area contributed by atoms with Crippen LogP contribution in [0.3, 0.4) is 0 Å². The summed E-state index contributed by atoms with van der Waals surface area (Å²) in [5.74, 6) is 9.10. The zero-order valence-corrected chi connectivity index (χ0v) is 18.1. The van der Waals surface area contributed by atoms with Gasteiger partial charge in [0.2, 0.25) is 11.4 Å². The van der Waals surface area contributed by atoms with E-state index in [9.17, 15) is 0 Å². The van der Waals surface area contributed by atoms with Crippen molar-refractivity contribution in [1.82, 2.24) is 0 Å². The van der Waals surface area contributed by atoms with Crippen molar-refractivity contribution >= 4 is 11.4 Å². The van der Waals surface area contributed by atoms with Crippen molar-refractivity contribution in [1.29, 1.82) is 0 Å². The fraction of sp³-hybridized carbons (Fsp3) is 0.346. The number of nitrogens with one attached hydrogen (secondary N) is 1. The Morgan fingerprint density at radius 1 is 0.786 bits per heavy atom. The summed E-state index contributed by atoms with van der Waals surface area (Å²) in [5.41, 5.74) is 11.8. The minimum atomic E-state index is 0.918. The van der Waals surface area contributed by atoms with Crippen LogP contribution in [0, 0.1) is 27.7 Å². The fourth-order valence-electron chi connectivity index (χ4n) is 4.31. The molecule has 0 unspecified atom stereocenters. The number of nitrogens with zero attached hydrogens (tertiary/aromatic N) is 1. The van der Waals surface area contributed by atoms with Gasteiger partial charge in [-0.2, -0.15) is 0 Å². The van der Waals surface area contributed by atoms with Gasteiger partial charge in [-0.1, -0.05) is 60.7 Å². The summed E-state index contributed by atoms with van der Waals surface area (Å²) in [6, 6.07) is 13.2. The maximum atomic E-state index is 9.10. The van der Waals surface area contributed by atoms with Gasteiger partial charge in [0.25, 0.3) is 0 Å². The molecule has 1 heterocycles. The zero-order valence-electron chi connectivity index (χ0n) is 18.1. The summed E-state index contributed by atoms with van der Waals surface area (Å²) in [6.45, 7) is 12.9. The minimum absolute atomic E-state index is 0.918. The van der Waals surface area contributed by atoms with Gasteiger partial charge in [0.1, 0.15) is 0 Å². The molecule has 0 radical (unpaired) electrons. The van der Waals surface area contributed by atoms with Crippen LogP contribution in [0.1, 0.15) is 66.5 Å². The topological polar surface area (TPSA) is 26.8 Å². The second-order valence-electron chi connectivity index (χ2n) is 8.02. The third-order valence-corrected chi connectivity index (χ3v) is 5.29. The molecule has 2 aromatic rings. The Labute approximate surface area is 170 Å². The van der Waals surface area contributed by atoms with Crippen LogP contribution in [0.2, 0.25) is 0 Å². The molecule has 2 heteroatoms. The molecule has 3 rings (SSSR count). The first kappa shape index (κ1) is 20.1. The van der Waals surface area contributed by atoms with E-state index in [2.05, 4.69) is 84.0 Å². The van der Waals surface area contributed by atoms with E-state index in [-0.39, 0.29) is 0 Å². The molecule has 1 aliphatic heterocycles. The lowest BCUT2D eigenvalue weighted by Gasteiger charge is -2.10. The molecule has 146 valence electrons. The van der Waals surface area contributed by atoms with Crippen LogP contribution in [0.4, 0.5) is 0 Å². The predicted molar refractivity (Wildman–Crippen MR) is 121 cm³/mol. The van der Waals surface area contributed by atoms with Crippen LogP contribution < -0.4 is 0 Å². The van der Waals surface area contributed by atoms with E-state index < -0.39 is 0 Å². The molecule has 0 aromatic heterocycles. The number of rotatable bonds is 5. The summed E-state index contributed by atoms with van der Waals surface area (Å²) in [5, 5.41) is 0. The number of aryl methyl sites for hydroxylation is 4. The van der Waals surface area contributed by atoms with Crippen LogP contribution in [-0.2, 0) is 0 Å². The Kier molecular flexibility index (Phi) is 5.88. The fourth-order valence-corrected chi connectivity index (χ4v) is 4.31. The number of hydrogen-bond donors (Lipinski definition) is 0. The van der Waals surface area contributed by atoms with E-state index in [1.807, 2.05) is 0 Å². The van der Waals surface area contributed by atoms with Crippen LogP contribution >= 0.6 is 0 Å². The highest BCUT2D eigenvalue weighted by Crippen LogP contribution is 2.37. The number of unbranched alkanes of at least 4 members (excludes halogenated alkanes) is 1. The van der Waals surface area contributed by atoms with Crippen molar-refractivity contribution in [2.45, 2.75) is 60.8 Å². The van der Waals surface area contributed by atoms with E-state index in [4.69, 9.17) is 5.84 Å². The third-order valence-electron chi connectivity index (χ3n) is 5.29. The lowest BCUT2D eigenvalue weighted by molar-refractivity contribution is -0.347. The summed E-state index contributed by atoms with van der Waals surface area (Å²) >= 11 is 0. The maximum Gasteiger partial charge on any atom is 0.215 e. The summed E-state index contributed by atoms with van der Waals surface area (Å²) in [6.07, 6.45) is 5.39. The molecule has 0 atom stereocenters. The number of benzene rings is 2. The molecule has 0 saturated heterocycles. The first-order valence-electron chi connectivity index (χ1n) is 10.3. The zero-order chi connectivity index (χ0) is 20.4. The van der Waals surface area contributed by atoms with Crippen LogP contribution in [0.25, 0.3) is 11.5 Å². The van der Waals surface area contributed by atoms with Crippen molar-refractivity contribution in [2.75, 3.05) is 0 Å². The first-order chi connectivity index (χ1) is 13.3. The van der Waals surface area contributed by atoms with E-state index in [1.165, 1.54) is 33.4 Å². The monoisotopic (exact) mass is 372 g/mol. The van der Waals surface area contributed by atoms with Crippen LogP contribution in [0.15, 0.2) is 53.6 Å². The molecule has 2 aromatic carbocycles. The standard InChI is InChI=1S/C26H32N2/c1-7-9-10-24-23(8-2)25(21-13-17(3)11-18(4)14-21)28(27)26(24)22-15-19(5)12-20(6)16-22/h10-16,27H,7-9H2,1-6H3. The van der Waals surface area contributed by atoms with E-state index >= 15 is 0 Å². The normalized spacial score (nSPS) is 15.9. The van der Waals surface area contributed by atoms with Gasteiger partial charge in [0.15, 0.2) is 0 Å². The second kappa shape index (κ2) is 8.18. The quantitative estimate of drug-likeness (QED) is 0.494. The van der Waals surface area contributed by atoms with Crippen molar-refractivity contribution in [3.05, 3.63) is 92.8 Å². The van der Waals surface area contributed by atoms with Gasteiger partial charge in [-0.25, -0.2) is 4.68 Å². The summed E-state index contributed by atoms with van der Waals surface area (Å²) in [7, 11) is 0. The largest absolute Gasteiger partial charge is 0.448 e. The van der Waals surface area contributed by atoms with E-state index in [0.29, 0.717) is 0 Å². The number of hydrogen-bond acceptors (Lipinski definition) is 0.